The number of likely N-dealkylation sites (tertiary alicyclic amines) is 1. The molecule has 1 saturated heterocycles. The first-order chi connectivity index (χ1) is 10.7. The predicted molar refractivity (Wildman–Crippen MR) is 96.4 cm³/mol. The van der Waals surface area contributed by atoms with Crippen LogP contribution in [0, 0.1) is 11.8 Å². The van der Waals surface area contributed by atoms with Crippen molar-refractivity contribution >= 4 is 30.1 Å². The number of thioether (sulfide) groups is 1. The molecule has 3 unspecified atom stereocenters. The molecule has 6 heteroatoms. The number of hydrogen-bond donors (Lipinski definition) is 1. The molecule has 1 aromatic rings. The number of carbonyl (C=O) groups excluding carboxylic acids is 1. The number of methoxy groups -OCH3 is 1. The first kappa shape index (κ1) is 18.4. The van der Waals surface area contributed by atoms with Crippen LogP contribution in [0.15, 0.2) is 29.2 Å². The largest absolute Gasteiger partial charge is 0.497 e. The van der Waals surface area contributed by atoms with Crippen LogP contribution in [0.5, 0.6) is 5.75 Å². The smallest absolute Gasteiger partial charge is 0.223 e. The van der Waals surface area contributed by atoms with Gasteiger partial charge in [0.25, 0.3) is 0 Å². The fourth-order valence-corrected chi connectivity index (χ4v) is 4.44. The highest BCUT2D eigenvalue weighted by atomic mass is 35.5. The molecular weight excluding hydrogens is 332 g/mol. The molecule has 128 valence electrons. The molecule has 0 radical (unpaired) electrons. The maximum absolute atomic E-state index is 12.3. The van der Waals surface area contributed by atoms with Crippen LogP contribution in [-0.4, -0.2) is 42.8 Å². The number of amides is 1. The maximum atomic E-state index is 12.3. The topological polar surface area (TPSA) is 55.6 Å². The van der Waals surface area contributed by atoms with Crippen LogP contribution in [0.3, 0.4) is 0 Å². The summed E-state index contributed by atoms with van der Waals surface area (Å²) in [6.07, 6.45) is 2.92. The zero-order chi connectivity index (χ0) is 15.5. The van der Waals surface area contributed by atoms with Crippen LogP contribution < -0.4 is 10.5 Å². The van der Waals surface area contributed by atoms with E-state index >= 15 is 0 Å². The van der Waals surface area contributed by atoms with E-state index in [1.165, 1.54) is 11.3 Å². The summed E-state index contributed by atoms with van der Waals surface area (Å²) in [6, 6.07) is 8.28. The van der Waals surface area contributed by atoms with Crippen molar-refractivity contribution in [3.8, 4) is 5.75 Å². The van der Waals surface area contributed by atoms with Crippen LogP contribution in [-0.2, 0) is 4.79 Å². The Morgan fingerprint density at radius 3 is 2.70 bits per heavy atom. The van der Waals surface area contributed by atoms with E-state index in [1.807, 2.05) is 29.2 Å². The molecule has 2 N–H and O–H groups in total. The molecule has 1 aliphatic carbocycles. The number of nitrogens with zero attached hydrogens (tertiary/aromatic N) is 1. The number of hydrogen-bond acceptors (Lipinski definition) is 4. The standard InChI is InChI=1S/C17H24N2O2S.ClH/c1-21-13-3-5-14(6-4-13)22-9-8-17(20)19-10-12-2-7-16(18)15(12)11-19;/h3-6,12,15-16H,2,7-11,18H2,1H3;1H. The Morgan fingerprint density at radius 2 is 2.04 bits per heavy atom. The van der Waals surface area contributed by atoms with Gasteiger partial charge in [0.2, 0.25) is 5.91 Å². The molecule has 1 amide bonds. The monoisotopic (exact) mass is 356 g/mol. The van der Waals surface area contributed by atoms with Gasteiger partial charge in [0.15, 0.2) is 0 Å². The second-order valence-electron chi connectivity index (χ2n) is 6.24. The van der Waals surface area contributed by atoms with Crippen molar-refractivity contribution in [1.29, 1.82) is 0 Å². The highest BCUT2D eigenvalue weighted by Crippen LogP contribution is 2.37. The van der Waals surface area contributed by atoms with Crippen LogP contribution in [0.2, 0.25) is 0 Å². The SMILES string of the molecule is COc1ccc(SCCC(=O)N2CC3CCC(N)C3C2)cc1.Cl. The van der Waals surface area contributed by atoms with Crippen LogP contribution in [0.1, 0.15) is 19.3 Å². The van der Waals surface area contributed by atoms with Crippen molar-refractivity contribution in [2.75, 3.05) is 26.0 Å². The van der Waals surface area contributed by atoms with Gasteiger partial charge in [-0.1, -0.05) is 0 Å². The summed E-state index contributed by atoms with van der Waals surface area (Å²) in [5.41, 5.74) is 6.13. The Hall–Kier alpha value is -0.910. The third kappa shape index (κ3) is 4.34. The summed E-state index contributed by atoms with van der Waals surface area (Å²) >= 11 is 1.72. The lowest BCUT2D eigenvalue weighted by Gasteiger charge is -2.18. The van der Waals surface area contributed by atoms with Gasteiger partial charge in [0.1, 0.15) is 5.75 Å². The van der Waals surface area contributed by atoms with Gasteiger partial charge in [-0.2, -0.15) is 0 Å². The van der Waals surface area contributed by atoms with E-state index in [2.05, 4.69) is 0 Å². The van der Waals surface area contributed by atoms with E-state index in [0.29, 0.717) is 24.3 Å². The average Bonchev–Trinajstić information content (AvgIpc) is 3.10. The lowest BCUT2D eigenvalue weighted by molar-refractivity contribution is -0.130. The highest BCUT2D eigenvalue weighted by Gasteiger charge is 2.42. The van der Waals surface area contributed by atoms with Gasteiger partial charge in [0, 0.05) is 36.2 Å². The minimum Gasteiger partial charge on any atom is -0.497 e. The summed E-state index contributed by atoms with van der Waals surface area (Å²) in [5, 5.41) is 0. The van der Waals surface area contributed by atoms with Gasteiger partial charge in [-0.05, 0) is 48.9 Å². The summed E-state index contributed by atoms with van der Waals surface area (Å²) in [4.78, 5) is 15.5. The van der Waals surface area contributed by atoms with E-state index in [-0.39, 0.29) is 18.3 Å². The number of halogens is 1. The molecule has 2 fully saturated rings. The van der Waals surface area contributed by atoms with Crippen molar-refractivity contribution in [2.24, 2.45) is 17.6 Å². The lowest BCUT2D eigenvalue weighted by Crippen LogP contribution is -2.33. The zero-order valence-corrected chi connectivity index (χ0v) is 15.1. The Labute approximate surface area is 148 Å². The van der Waals surface area contributed by atoms with Crippen LogP contribution >= 0.6 is 24.2 Å². The van der Waals surface area contributed by atoms with E-state index in [9.17, 15) is 4.79 Å². The number of rotatable bonds is 5. The molecule has 0 spiro atoms. The number of fused-ring (bicyclic) bond motifs is 1. The quantitative estimate of drug-likeness (QED) is 0.824. The van der Waals surface area contributed by atoms with E-state index in [1.54, 1.807) is 18.9 Å². The normalized spacial score (nSPS) is 25.8. The highest BCUT2D eigenvalue weighted by molar-refractivity contribution is 7.99. The molecule has 1 aromatic carbocycles. The molecule has 1 saturated carbocycles. The maximum Gasteiger partial charge on any atom is 0.223 e. The van der Waals surface area contributed by atoms with Crippen molar-refractivity contribution < 1.29 is 9.53 Å². The molecule has 3 rings (SSSR count). The Bertz CT molecular complexity index is 526. The van der Waals surface area contributed by atoms with Crippen molar-refractivity contribution in [1.82, 2.24) is 4.90 Å². The number of ether oxygens (including phenoxy) is 1. The number of nitrogens with two attached hydrogens (primary N) is 1. The van der Waals surface area contributed by atoms with Crippen LogP contribution in [0.4, 0.5) is 0 Å². The molecule has 0 aromatic heterocycles. The van der Waals surface area contributed by atoms with Gasteiger partial charge >= 0.3 is 0 Å². The van der Waals surface area contributed by atoms with Gasteiger partial charge in [-0.15, -0.1) is 24.2 Å². The van der Waals surface area contributed by atoms with Gasteiger partial charge in [-0.3, -0.25) is 4.79 Å². The Kier molecular flexibility index (Phi) is 6.62. The molecule has 1 aliphatic heterocycles. The Morgan fingerprint density at radius 1 is 1.30 bits per heavy atom. The fourth-order valence-electron chi connectivity index (χ4n) is 3.60. The second kappa shape index (κ2) is 8.27. The third-order valence-corrected chi connectivity index (χ3v) is 5.92. The fraction of sp³-hybridized carbons (Fsp3) is 0.588. The minimum absolute atomic E-state index is 0. The summed E-state index contributed by atoms with van der Waals surface area (Å²) in [6.45, 7) is 1.79. The van der Waals surface area contributed by atoms with E-state index < -0.39 is 0 Å². The van der Waals surface area contributed by atoms with Gasteiger partial charge in [-0.25, -0.2) is 0 Å². The van der Waals surface area contributed by atoms with Crippen molar-refractivity contribution in [3.63, 3.8) is 0 Å². The molecule has 2 aliphatic rings. The van der Waals surface area contributed by atoms with Crippen molar-refractivity contribution in [2.45, 2.75) is 30.2 Å². The third-order valence-electron chi connectivity index (χ3n) is 4.91. The van der Waals surface area contributed by atoms with E-state index in [4.69, 9.17) is 10.5 Å². The van der Waals surface area contributed by atoms with E-state index in [0.717, 1.165) is 31.0 Å². The molecule has 3 atom stereocenters. The zero-order valence-electron chi connectivity index (χ0n) is 13.4. The first-order valence-corrected chi connectivity index (χ1v) is 8.96. The predicted octanol–water partition coefficient (Wildman–Crippen LogP) is 2.79. The summed E-state index contributed by atoms with van der Waals surface area (Å²) in [7, 11) is 1.66. The average molecular weight is 357 g/mol. The second-order valence-corrected chi connectivity index (χ2v) is 7.41. The molecule has 4 nitrogen and oxygen atoms in total. The first-order valence-electron chi connectivity index (χ1n) is 7.97. The molecule has 1 heterocycles. The summed E-state index contributed by atoms with van der Waals surface area (Å²) < 4.78 is 5.14. The molecular formula is C17H25ClN2O2S. The van der Waals surface area contributed by atoms with Gasteiger partial charge < -0.3 is 15.4 Å². The number of carbonyl (C=O) groups is 1. The van der Waals surface area contributed by atoms with Crippen molar-refractivity contribution in [3.05, 3.63) is 24.3 Å². The van der Waals surface area contributed by atoms with Gasteiger partial charge in [0.05, 0.1) is 7.11 Å². The Balaban J connectivity index is 0.00000192. The molecule has 23 heavy (non-hydrogen) atoms. The minimum atomic E-state index is 0. The summed E-state index contributed by atoms with van der Waals surface area (Å²) in [5.74, 6) is 3.15. The number of benzene rings is 1. The molecule has 0 bridgehead atoms. The lowest BCUT2D eigenvalue weighted by atomic mass is 9.98. The van der Waals surface area contributed by atoms with Crippen LogP contribution in [0.25, 0.3) is 0 Å².